The molecule has 0 aliphatic carbocycles. The van der Waals surface area contributed by atoms with Crippen molar-refractivity contribution >= 4 is 0 Å². The number of rotatable bonds is 3. The van der Waals surface area contributed by atoms with Gasteiger partial charge in [0.25, 0.3) is 0 Å². The van der Waals surface area contributed by atoms with E-state index in [9.17, 15) is 9.50 Å². The van der Waals surface area contributed by atoms with E-state index in [1.54, 1.807) is 7.11 Å². The monoisotopic (exact) mass is 253 g/mol. The average Bonchev–Trinajstić information content (AvgIpc) is 2.36. The van der Waals surface area contributed by atoms with E-state index in [2.05, 4.69) is 11.8 Å². The molecule has 0 amide bonds. The van der Waals surface area contributed by atoms with Crippen LogP contribution in [-0.2, 0) is 11.3 Å². The number of hydrogen-bond donors (Lipinski definition) is 1. The quantitative estimate of drug-likeness (QED) is 0.898. The van der Waals surface area contributed by atoms with Gasteiger partial charge in [-0.05, 0) is 38.0 Å². The van der Waals surface area contributed by atoms with E-state index in [1.807, 2.05) is 0 Å². The molecule has 0 radical (unpaired) electrons. The molecule has 0 saturated carbocycles. The Morgan fingerprint density at radius 1 is 1.50 bits per heavy atom. The van der Waals surface area contributed by atoms with Gasteiger partial charge in [0.1, 0.15) is 11.6 Å². The molecule has 18 heavy (non-hydrogen) atoms. The summed E-state index contributed by atoms with van der Waals surface area (Å²) in [5.74, 6) is -0.139. The second kappa shape index (κ2) is 5.67. The van der Waals surface area contributed by atoms with Gasteiger partial charge in [0.15, 0.2) is 0 Å². The number of aromatic hydroxyl groups is 1. The predicted octanol–water partition coefficient (Wildman–Crippen LogP) is 2.53. The molecule has 1 N–H and O–H groups in total. The van der Waals surface area contributed by atoms with Gasteiger partial charge >= 0.3 is 0 Å². The second-order valence-electron chi connectivity index (χ2n) is 4.97. The zero-order chi connectivity index (χ0) is 13.1. The molecule has 100 valence electrons. The maximum absolute atomic E-state index is 13.2. The van der Waals surface area contributed by atoms with E-state index in [-0.39, 0.29) is 11.6 Å². The first-order valence-corrected chi connectivity index (χ1v) is 6.34. The molecule has 0 spiro atoms. The molecule has 1 aromatic carbocycles. The van der Waals surface area contributed by atoms with Crippen LogP contribution in [0.15, 0.2) is 18.2 Å². The fourth-order valence-electron chi connectivity index (χ4n) is 2.53. The number of likely N-dealkylation sites (tertiary alicyclic amines) is 1. The van der Waals surface area contributed by atoms with E-state index in [1.165, 1.54) is 18.2 Å². The van der Waals surface area contributed by atoms with Crippen molar-refractivity contribution in [2.24, 2.45) is 0 Å². The van der Waals surface area contributed by atoms with Crippen LogP contribution in [0, 0.1) is 5.82 Å². The van der Waals surface area contributed by atoms with Crippen molar-refractivity contribution in [2.45, 2.75) is 38.5 Å². The molecule has 1 saturated heterocycles. The van der Waals surface area contributed by atoms with Crippen LogP contribution in [0.3, 0.4) is 0 Å². The predicted molar refractivity (Wildman–Crippen MR) is 68.0 cm³/mol. The van der Waals surface area contributed by atoms with Gasteiger partial charge in [-0.25, -0.2) is 4.39 Å². The van der Waals surface area contributed by atoms with Crippen molar-refractivity contribution in [1.82, 2.24) is 4.90 Å². The fraction of sp³-hybridized carbons (Fsp3) is 0.571. The summed E-state index contributed by atoms with van der Waals surface area (Å²) in [7, 11) is 1.74. The van der Waals surface area contributed by atoms with Crippen molar-refractivity contribution < 1.29 is 14.2 Å². The van der Waals surface area contributed by atoms with Gasteiger partial charge in [-0.2, -0.15) is 0 Å². The summed E-state index contributed by atoms with van der Waals surface area (Å²) in [6.45, 7) is 3.64. The number of phenols is 1. The van der Waals surface area contributed by atoms with Crippen LogP contribution in [0.1, 0.15) is 25.3 Å². The van der Waals surface area contributed by atoms with Crippen LogP contribution in [-0.4, -0.2) is 35.8 Å². The van der Waals surface area contributed by atoms with Crippen molar-refractivity contribution in [3.05, 3.63) is 29.6 Å². The van der Waals surface area contributed by atoms with Gasteiger partial charge in [-0.3, -0.25) is 4.90 Å². The number of nitrogens with zero attached hydrogens (tertiary/aromatic N) is 1. The number of hydrogen-bond acceptors (Lipinski definition) is 3. The fourth-order valence-corrected chi connectivity index (χ4v) is 2.53. The molecule has 4 heteroatoms. The van der Waals surface area contributed by atoms with Gasteiger partial charge in [-0.1, -0.05) is 0 Å². The standard InChI is InChI=1S/C14H20FNO2/c1-10-7-13(18-2)5-6-16(10)9-11-8-12(15)3-4-14(11)17/h3-4,8,10,13,17H,5-7,9H2,1-2H3. The highest BCUT2D eigenvalue weighted by Gasteiger charge is 2.25. The SMILES string of the molecule is COC1CCN(Cc2cc(F)ccc2O)C(C)C1. The lowest BCUT2D eigenvalue weighted by molar-refractivity contribution is 0.0127. The summed E-state index contributed by atoms with van der Waals surface area (Å²) in [4.78, 5) is 2.25. The minimum atomic E-state index is -0.303. The van der Waals surface area contributed by atoms with Crippen molar-refractivity contribution in [1.29, 1.82) is 0 Å². The molecular formula is C14H20FNO2. The van der Waals surface area contributed by atoms with Crippen LogP contribution in [0.25, 0.3) is 0 Å². The Balaban J connectivity index is 2.03. The topological polar surface area (TPSA) is 32.7 Å². The number of phenolic OH excluding ortho intramolecular Hbond substituents is 1. The second-order valence-corrected chi connectivity index (χ2v) is 4.97. The van der Waals surface area contributed by atoms with E-state index >= 15 is 0 Å². The molecular weight excluding hydrogens is 233 g/mol. The number of methoxy groups -OCH3 is 1. The molecule has 2 unspecified atom stereocenters. The molecule has 0 bridgehead atoms. The van der Waals surface area contributed by atoms with Crippen molar-refractivity contribution in [3.8, 4) is 5.75 Å². The first-order valence-electron chi connectivity index (χ1n) is 6.34. The van der Waals surface area contributed by atoms with Gasteiger partial charge < -0.3 is 9.84 Å². The molecule has 1 heterocycles. The minimum Gasteiger partial charge on any atom is -0.508 e. The van der Waals surface area contributed by atoms with Crippen LogP contribution < -0.4 is 0 Å². The Bertz CT molecular complexity index is 411. The molecule has 1 fully saturated rings. The smallest absolute Gasteiger partial charge is 0.123 e. The molecule has 1 aliphatic heterocycles. The van der Waals surface area contributed by atoms with Gasteiger partial charge in [0, 0.05) is 31.8 Å². The normalized spacial score (nSPS) is 25.3. The summed E-state index contributed by atoms with van der Waals surface area (Å²) in [5, 5.41) is 9.73. The van der Waals surface area contributed by atoms with Crippen LogP contribution >= 0.6 is 0 Å². The van der Waals surface area contributed by atoms with Gasteiger partial charge in [-0.15, -0.1) is 0 Å². The van der Waals surface area contributed by atoms with E-state index < -0.39 is 0 Å². The molecule has 0 aromatic heterocycles. The number of benzene rings is 1. The van der Waals surface area contributed by atoms with Crippen molar-refractivity contribution in [3.63, 3.8) is 0 Å². The highest BCUT2D eigenvalue weighted by atomic mass is 19.1. The summed E-state index contributed by atoms with van der Waals surface area (Å²) in [6, 6.07) is 4.48. The lowest BCUT2D eigenvalue weighted by Gasteiger charge is -2.37. The maximum atomic E-state index is 13.2. The highest BCUT2D eigenvalue weighted by Crippen LogP contribution is 2.25. The first kappa shape index (κ1) is 13.3. The molecule has 3 nitrogen and oxygen atoms in total. The van der Waals surface area contributed by atoms with Crippen LogP contribution in [0.5, 0.6) is 5.75 Å². The Morgan fingerprint density at radius 2 is 2.28 bits per heavy atom. The lowest BCUT2D eigenvalue weighted by Crippen LogP contribution is -2.42. The summed E-state index contributed by atoms with van der Waals surface area (Å²) in [5.41, 5.74) is 0.651. The molecule has 1 aliphatic rings. The Hall–Kier alpha value is -1.13. The molecule has 2 rings (SSSR count). The van der Waals surface area contributed by atoms with E-state index in [0.717, 1.165) is 19.4 Å². The maximum Gasteiger partial charge on any atom is 0.123 e. The number of ether oxygens (including phenoxy) is 1. The summed E-state index contributed by atoms with van der Waals surface area (Å²) < 4.78 is 18.5. The molecule has 2 atom stereocenters. The van der Waals surface area contributed by atoms with Crippen molar-refractivity contribution in [2.75, 3.05) is 13.7 Å². The number of halogens is 1. The minimum absolute atomic E-state index is 0.164. The lowest BCUT2D eigenvalue weighted by atomic mass is 9.99. The highest BCUT2D eigenvalue weighted by molar-refractivity contribution is 5.32. The Labute approximate surface area is 107 Å². The third-order valence-electron chi connectivity index (χ3n) is 3.71. The van der Waals surface area contributed by atoms with Gasteiger partial charge in [0.2, 0.25) is 0 Å². The zero-order valence-corrected chi connectivity index (χ0v) is 10.9. The van der Waals surface area contributed by atoms with E-state index in [0.29, 0.717) is 24.3 Å². The van der Waals surface area contributed by atoms with Crippen LogP contribution in [0.2, 0.25) is 0 Å². The average molecular weight is 253 g/mol. The molecule has 1 aromatic rings. The van der Waals surface area contributed by atoms with E-state index in [4.69, 9.17) is 4.74 Å². The number of piperidine rings is 1. The third-order valence-corrected chi connectivity index (χ3v) is 3.71. The summed E-state index contributed by atoms with van der Waals surface area (Å²) >= 11 is 0. The summed E-state index contributed by atoms with van der Waals surface area (Å²) in [6.07, 6.45) is 2.28. The largest absolute Gasteiger partial charge is 0.508 e. The third kappa shape index (κ3) is 3.00. The Kier molecular flexibility index (Phi) is 4.19. The van der Waals surface area contributed by atoms with Crippen LogP contribution in [0.4, 0.5) is 4.39 Å². The van der Waals surface area contributed by atoms with Gasteiger partial charge in [0.05, 0.1) is 6.10 Å². The first-order chi connectivity index (χ1) is 8.60. The zero-order valence-electron chi connectivity index (χ0n) is 10.9. The Morgan fingerprint density at radius 3 is 2.94 bits per heavy atom.